The minimum absolute atomic E-state index is 0.0961. The van der Waals surface area contributed by atoms with Crippen LogP contribution in [0, 0.1) is 6.92 Å². The Kier molecular flexibility index (Phi) is 5.27. The fourth-order valence-electron chi connectivity index (χ4n) is 2.18. The molecule has 2 aromatic heterocycles. The molecule has 0 atom stereocenters. The highest BCUT2D eigenvalue weighted by atomic mass is 32.2. The highest BCUT2D eigenvalue weighted by molar-refractivity contribution is 7.99. The van der Waals surface area contributed by atoms with Crippen molar-refractivity contribution < 1.29 is 4.79 Å². The smallest absolute Gasteiger partial charge is 0.236 e. The third kappa shape index (κ3) is 3.82. The zero-order valence-electron chi connectivity index (χ0n) is 13.4. The number of aromatic nitrogens is 4. The Morgan fingerprint density at radius 2 is 2.08 bits per heavy atom. The van der Waals surface area contributed by atoms with Crippen molar-refractivity contribution in [2.75, 3.05) is 11.1 Å². The maximum absolute atomic E-state index is 12.0. The molecule has 0 aliphatic rings. The molecule has 8 heteroatoms. The number of benzene rings is 1. The van der Waals surface area contributed by atoms with Crippen LogP contribution in [-0.2, 0) is 11.3 Å². The molecule has 1 amide bonds. The number of aryl methyl sites for hydroxylation is 1. The van der Waals surface area contributed by atoms with Gasteiger partial charge in [0.25, 0.3) is 0 Å². The molecule has 0 spiro atoms. The topological polar surface area (TPSA) is 72.7 Å². The Balaban J connectivity index is 1.67. The van der Waals surface area contributed by atoms with Gasteiger partial charge < -0.3 is 9.88 Å². The second kappa shape index (κ2) is 7.59. The number of hydrogen-bond acceptors (Lipinski definition) is 6. The van der Waals surface area contributed by atoms with E-state index in [1.54, 1.807) is 6.20 Å². The first-order chi connectivity index (χ1) is 11.7. The summed E-state index contributed by atoms with van der Waals surface area (Å²) in [5, 5.41) is 12.7. The van der Waals surface area contributed by atoms with Gasteiger partial charge in [-0.2, -0.15) is 0 Å². The number of anilines is 1. The van der Waals surface area contributed by atoms with E-state index in [9.17, 15) is 4.79 Å². The molecule has 3 rings (SSSR count). The van der Waals surface area contributed by atoms with Crippen LogP contribution in [0.15, 0.2) is 41.7 Å². The second-order valence-corrected chi connectivity index (χ2v) is 7.21. The van der Waals surface area contributed by atoms with Gasteiger partial charge in [-0.25, -0.2) is 4.98 Å². The third-order valence-corrected chi connectivity index (χ3v) is 5.06. The zero-order chi connectivity index (χ0) is 16.9. The van der Waals surface area contributed by atoms with E-state index in [-0.39, 0.29) is 11.7 Å². The van der Waals surface area contributed by atoms with E-state index in [4.69, 9.17) is 0 Å². The maximum atomic E-state index is 12.0. The van der Waals surface area contributed by atoms with Gasteiger partial charge in [0.05, 0.1) is 5.75 Å². The molecule has 0 fully saturated rings. The molecule has 6 nitrogen and oxygen atoms in total. The number of rotatable bonds is 6. The van der Waals surface area contributed by atoms with E-state index in [1.807, 2.05) is 48.7 Å². The minimum atomic E-state index is -0.0961. The van der Waals surface area contributed by atoms with Gasteiger partial charge in [-0.15, -0.1) is 21.5 Å². The van der Waals surface area contributed by atoms with Crippen LogP contribution in [0.2, 0.25) is 0 Å². The molecule has 0 aliphatic heterocycles. The predicted octanol–water partition coefficient (Wildman–Crippen LogP) is 3.46. The Hall–Kier alpha value is -2.19. The van der Waals surface area contributed by atoms with Gasteiger partial charge in [-0.3, -0.25) is 4.79 Å². The molecule has 0 saturated heterocycles. The number of nitrogens with one attached hydrogen (secondary N) is 1. The van der Waals surface area contributed by atoms with Crippen LogP contribution in [0.4, 0.5) is 5.13 Å². The van der Waals surface area contributed by atoms with E-state index < -0.39 is 0 Å². The average molecular weight is 359 g/mol. The van der Waals surface area contributed by atoms with Crippen LogP contribution in [0.5, 0.6) is 0 Å². The summed E-state index contributed by atoms with van der Waals surface area (Å²) >= 11 is 2.84. The molecule has 1 N–H and O–H groups in total. The van der Waals surface area contributed by atoms with Gasteiger partial charge in [0, 0.05) is 23.2 Å². The van der Waals surface area contributed by atoms with Crippen LogP contribution < -0.4 is 5.32 Å². The molecule has 0 saturated carbocycles. The Labute approximate surface area is 148 Å². The first-order valence-corrected chi connectivity index (χ1v) is 9.31. The van der Waals surface area contributed by atoms with E-state index in [2.05, 4.69) is 20.5 Å². The van der Waals surface area contributed by atoms with Crippen molar-refractivity contribution in [3.8, 4) is 11.4 Å². The standard InChI is InChI=1S/C16H17N5OS2/c1-3-21-14(12-7-5-4-6-8-12)19-20-16(21)23-10-13(22)18-15-17-9-11(2)24-15/h4-9H,3,10H2,1-2H3,(H,17,18,22). The minimum Gasteiger partial charge on any atom is -0.302 e. The molecule has 3 aromatic rings. The van der Waals surface area contributed by atoms with E-state index >= 15 is 0 Å². The van der Waals surface area contributed by atoms with Crippen molar-refractivity contribution in [2.45, 2.75) is 25.5 Å². The van der Waals surface area contributed by atoms with Crippen LogP contribution >= 0.6 is 23.1 Å². The van der Waals surface area contributed by atoms with Gasteiger partial charge >= 0.3 is 0 Å². The number of thiazole rings is 1. The van der Waals surface area contributed by atoms with Gasteiger partial charge in [-0.05, 0) is 13.8 Å². The predicted molar refractivity (Wildman–Crippen MR) is 97.3 cm³/mol. The van der Waals surface area contributed by atoms with Crippen LogP contribution in [-0.4, -0.2) is 31.4 Å². The van der Waals surface area contributed by atoms with E-state index in [1.165, 1.54) is 23.1 Å². The van der Waals surface area contributed by atoms with Gasteiger partial charge in [0.1, 0.15) is 0 Å². The van der Waals surface area contributed by atoms with Crippen molar-refractivity contribution in [3.63, 3.8) is 0 Å². The van der Waals surface area contributed by atoms with Gasteiger partial charge in [0.15, 0.2) is 16.1 Å². The van der Waals surface area contributed by atoms with Crippen molar-refractivity contribution >= 4 is 34.1 Å². The summed E-state index contributed by atoms with van der Waals surface area (Å²) < 4.78 is 2.01. The van der Waals surface area contributed by atoms with Crippen molar-refractivity contribution in [1.82, 2.24) is 19.7 Å². The summed E-state index contributed by atoms with van der Waals surface area (Å²) in [6, 6.07) is 9.92. The first kappa shape index (κ1) is 16.7. The summed E-state index contributed by atoms with van der Waals surface area (Å²) in [6.07, 6.45) is 1.74. The summed E-state index contributed by atoms with van der Waals surface area (Å²) in [6.45, 7) is 4.74. The molecule has 124 valence electrons. The quantitative estimate of drug-likeness (QED) is 0.682. The molecule has 0 aliphatic carbocycles. The van der Waals surface area contributed by atoms with Crippen molar-refractivity contribution in [1.29, 1.82) is 0 Å². The molecule has 24 heavy (non-hydrogen) atoms. The molecular formula is C16H17N5OS2. The average Bonchev–Trinajstić information content (AvgIpc) is 3.19. The largest absolute Gasteiger partial charge is 0.302 e. The van der Waals surface area contributed by atoms with E-state index in [0.717, 1.165) is 28.0 Å². The lowest BCUT2D eigenvalue weighted by Gasteiger charge is -2.07. The lowest BCUT2D eigenvalue weighted by atomic mass is 10.2. The Morgan fingerprint density at radius 1 is 1.29 bits per heavy atom. The van der Waals surface area contributed by atoms with Gasteiger partial charge in [-0.1, -0.05) is 42.1 Å². The highest BCUT2D eigenvalue weighted by Crippen LogP contribution is 2.24. The summed E-state index contributed by atoms with van der Waals surface area (Å²) in [7, 11) is 0. The summed E-state index contributed by atoms with van der Waals surface area (Å²) in [4.78, 5) is 17.2. The number of amides is 1. The SMILES string of the molecule is CCn1c(SCC(=O)Nc2ncc(C)s2)nnc1-c1ccccc1. The number of hydrogen-bond donors (Lipinski definition) is 1. The van der Waals surface area contributed by atoms with Crippen LogP contribution in [0.25, 0.3) is 11.4 Å². The molecule has 0 bridgehead atoms. The van der Waals surface area contributed by atoms with Gasteiger partial charge in [0.2, 0.25) is 5.91 Å². The number of nitrogens with zero attached hydrogens (tertiary/aromatic N) is 4. The van der Waals surface area contributed by atoms with Crippen LogP contribution in [0.1, 0.15) is 11.8 Å². The molecule has 0 unspecified atom stereocenters. The Bertz CT molecular complexity index is 828. The monoisotopic (exact) mass is 359 g/mol. The lowest BCUT2D eigenvalue weighted by Crippen LogP contribution is -2.14. The second-order valence-electron chi connectivity index (χ2n) is 5.03. The molecule has 2 heterocycles. The highest BCUT2D eigenvalue weighted by Gasteiger charge is 2.14. The maximum Gasteiger partial charge on any atom is 0.236 e. The summed E-state index contributed by atoms with van der Waals surface area (Å²) in [5.41, 5.74) is 1.02. The normalized spacial score (nSPS) is 10.8. The molecular weight excluding hydrogens is 342 g/mol. The number of carbonyl (C=O) groups excluding carboxylic acids is 1. The zero-order valence-corrected chi connectivity index (χ0v) is 15.0. The molecule has 0 radical (unpaired) electrons. The number of carbonyl (C=O) groups is 1. The Morgan fingerprint density at radius 3 is 2.75 bits per heavy atom. The fourth-order valence-corrected chi connectivity index (χ4v) is 3.66. The number of thioether (sulfide) groups is 1. The summed E-state index contributed by atoms with van der Waals surface area (Å²) in [5.74, 6) is 0.990. The van der Waals surface area contributed by atoms with Crippen molar-refractivity contribution in [3.05, 3.63) is 41.4 Å². The lowest BCUT2D eigenvalue weighted by molar-refractivity contribution is -0.113. The third-order valence-electron chi connectivity index (χ3n) is 3.27. The van der Waals surface area contributed by atoms with Crippen molar-refractivity contribution in [2.24, 2.45) is 0 Å². The first-order valence-electron chi connectivity index (χ1n) is 7.51. The fraction of sp³-hybridized carbons (Fsp3) is 0.250. The van der Waals surface area contributed by atoms with E-state index in [0.29, 0.717) is 5.13 Å². The van der Waals surface area contributed by atoms with Crippen LogP contribution in [0.3, 0.4) is 0 Å². The molecule has 1 aromatic carbocycles.